The molecule has 56 valence electrons. The van der Waals surface area contributed by atoms with Crippen LogP contribution in [-0.2, 0) is 0 Å². The molecule has 0 radical (unpaired) electrons. The zero-order valence-electron chi connectivity index (χ0n) is 7.59. The summed E-state index contributed by atoms with van der Waals surface area (Å²) in [4.78, 5) is 0. The maximum absolute atomic E-state index is 3.86. The predicted molar refractivity (Wildman–Crippen MR) is 58.4 cm³/mol. The van der Waals surface area contributed by atoms with E-state index in [9.17, 15) is 0 Å². The van der Waals surface area contributed by atoms with Crippen molar-refractivity contribution >= 4 is 20.7 Å². The van der Waals surface area contributed by atoms with E-state index in [2.05, 4.69) is 19.6 Å². The Morgan fingerprint density at radius 1 is 1.27 bits per heavy atom. The zero-order valence-corrected chi connectivity index (χ0v) is 7.59. The molecule has 0 saturated carbocycles. The van der Waals surface area contributed by atoms with Gasteiger partial charge in [0.05, 0.1) is 0 Å². The summed E-state index contributed by atoms with van der Waals surface area (Å²) in [6, 6.07) is 0. The third kappa shape index (κ3) is 4.60. The van der Waals surface area contributed by atoms with Crippen LogP contribution < -0.4 is 0 Å². The van der Waals surface area contributed by atoms with Gasteiger partial charge in [-0.05, 0) is 0 Å². The number of rotatable bonds is 3. The van der Waals surface area contributed by atoms with E-state index >= 15 is 0 Å². The molecule has 0 nitrogen and oxygen atoms in total. The predicted octanol–water partition coefficient (Wildman–Crippen LogP) is 0.729. The summed E-state index contributed by atoms with van der Waals surface area (Å²) in [5, 5.41) is 1.10. The molecular weight excluding hydrogens is 130 g/mol. The van der Waals surface area contributed by atoms with Gasteiger partial charge in [0, 0.05) is 0 Å². The summed E-state index contributed by atoms with van der Waals surface area (Å²) in [6.07, 6.45) is 10.1. The van der Waals surface area contributed by atoms with Crippen LogP contribution in [0.4, 0.5) is 0 Å². The van der Waals surface area contributed by atoms with Gasteiger partial charge in [0.25, 0.3) is 0 Å². The molecular formula is C9H14B2. The molecule has 2 heteroatoms. The summed E-state index contributed by atoms with van der Waals surface area (Å²) in [6.45, 7) is 4.02. The fourth-order valence-electron chi connectivity index (χ4n) is 0.755. The van der Waals surface area contributed by atoms with Crippen molar-refractivity contribution in [1.82, 2.24) is 0 Å². The quantitative estimate of drug-likeness (QED) is 0.404. The van der Waals surface area contributed by atoms with Crippen LogP contribution >= 0.6 is 0 Å². The van der Waals surface area contributed by atoms with Gasteiger partial charge in [-0.1, -0.05) is 0 Å². The van der Waals surface area contributed by atoms with Crippen molar-refractivity contribution in [3.63, 3.8) is 0 Å². The second-order valence-electron chi connectivity index (χ2n) is 2.41. The standard InChI is InChI=1S/C9H14B2/c1-3-5-6-7-8(4-2)9(10)11/h3-7,10H,11H2,1-2H3/b5-3-,7-6-,8-4+. The molecule has 0 aliphatic heterocycles. The average Bonchev–Trinajstić information content (AvgIpc) is 1.97. The fourth-order valence-corrected chi connectivity index (χ4v) is 0.755. The Hall–Kier alpha value is -0.780. The Morgan fingerprint density at radius 2 is 1.91 bits per heavy atom. The third-order valence-corrected chi connectivity index (χ3v) is 1.38. The van der Waals surface area contributed by atoms with Gasteiger partial charge >= 0.3 is 70.5 Å². The van der Waals surface area contributed by atoms with E-state index in [1.165, 1.54) is 5.57 Å². The van der Waals surface area contributed by atoms with Crippen LogP contribution in [0.15, 0.2) is 36.0 Å². The summed E-state index contributed by atoms with van der Waals surface area (Å²) >= 11 is 0. The number of hydrogen-bond acceptors (Lipinski definition) is 0. The molecule has 0 aromatic rings. The molecule has 0 aromatic heterocycles. The minimum absolute atomic E-state index is 1.10. The molecule has 0 heterocycles. The molecule has 0 fully saturated rings. The van der Waals surface area contributed by atoms with Gasteiger partial charge < -0.3 is 0 Å². The van der Waals surface area contributed by atoms with E-state index in [1.807, 2.05) is 39.9 Å². The van der Waals surface area contributed by atoms with E-state index in [4.69, 9.17) is 0 Å². The Kier molecular flexibility index (Phi) is 5.54. The molecule has 11 heavy (non-hydrogen) atoms. The molecule has 0 N–H and O–H groups in total. The minimum atomic E-state index is 1.10. The normalized spacial score (nSPS) is 13.0. The SMILES string of the molecule is B=C(B)C(/C=C\C=C/C)=C/C. The van der Waals surface area contributed by atoms with Gasteiger partial charge in [-0.25, -0.2) is 0 Å². The first-order chi connectivity index (χ1) is 5.22. The average molecular weight is 144 g/mol. The molecule has 0 aromatic carbocycles. The summed E-state index contributed by atoms with van der Waals surface area (Å²) in [7, 11) is 5.87. The Labute approximate surface area is 71.2 Å². The van der Waals surface area contributed by atoms with E-state index in [-0.39, 0.29) is 0 Å². The van der Waals surface area contributed by atoms with Crippen LogP contribution in [0, 0.1) is 0 Å². The van der Waals surface area contributed by atoms with Crippen LogP contribution in [0.3, 0.4) is 0 Å². The van der Waals surface area contributed by atoms with E-state index in [0.717, 1.165) is 5.36 Å². The fraction of sp³-hybridized carbons (Fsp3) is 0.222. The van der Waals surface area contributed by atoms with Crippen molar-refractivity contribution in [3.05, 3.63) is 36.0 Å². The van der Waals surface area contributed by atoms with Crippen molar-refractivity contribution in [1.29, 1.82) is 0 Å². The molecule has 0 bridgehead atoms. The van der Waals surface area contributed by atoms with Crippen molar-refractivity contribution in [2.24, 2.45) is 0 Å². The molecule has 0 aliphatic rings. The van der Waals surface area contributed by atoms with Crippen molar-refractivity contribution in [2.75, 3.05) is 0 Å². The van der Waals surface area contributed by atoms with Crippen molar-refractivity contribution in [2.45, 2.75) is 13.8 Å². The first-order valence-electron chi connectivity index (χ1n) is 3.84. The first kappa shape index (κ1) is 10.2. The van der Waals surface area contributed by atoms with Crippen LogP contribution in [0.1, 0.15) is 13.8 Å². The maximum atomic E-state index is 3.86. The summed E-state index contributed by atoms with van der Waals surface area (Å²) < 4.78 is 0. The van der Waals surface area contributed by atoms with E-state index < -0.39 is 0 Å². The van der Waals surface area contributed by atoms with E-state index in [0.29, 0.717) is 0 Å². The van der Waals surface area contributed by atoms with Crippen molar-refractivity contribution in [3.8, 4) is 0 Å². The van der Waals surface area contributed by atoms with Gasteiger partial charge in [-0.15, -0.1) is 0 Å². The second-order valence-corrected chi connectivity index (χ2v) is 2.41. The van der Waals surface area contributed by atoms with Gasteiger partial charge in [-0.3, -0.25) is 0 Å². The Bertz CT molecular complexity index is 210. The molecule has 0 aliphatic carbocycles. The monoisotopic (exact) mass is 144 g/mol. The number of hydrogen-bond donors (Lipinski definition) is 0. The number of allylic oxidation sites excluding steroid dienone is 6. The summed E-state index contributed by atoms with van der Waals surface area (Å²) in [5.41, 5.74) is 1.20. The molecule has 0 spiro atoms. The van der Waals surface area contributed by atoms with E-state index in [1.54, 1.807) is 0 Å². The Morgan fingerprint density at radius 3 is 2.27 bits per heavy atom. The second kappa shape index (κ2) is 5.96. The van der Waals surface area contributed by atoms with Gasteiger partial charge in [0.1, 0.15) is 0 Å². The van der Waals surface area contributed by atoms with Gasteiger partial charge in [0.15, 0.2) is 0 Å². The van der Waals surface area contributed by atoms with Crippen LogP contribution in [0.5, 0.6) is 0 Å². The molecule has 0 rings (SSSR count). The van der Waals surface area contributed by atoms with Gasteiger partial charge in [-0.2, -0.15) is 0 Å². The zero-order chi connectivity index (χ0) is 8.69. The van der Waals surface area contributed by atoms with Crippen LogP contribution in [-0.4, -0.2) is 20.7 Å². The molecule has 0 unspecified atom stereocenters. The van der Waals surface area contributed by atoms with Gasteiger partial charge in [0.2, 0.25) is 0 Å². The molecule has 0 saturated heterocycles. The first-order valence-corrected chi connectivity index (χ1v) is 3.84. The molecule has 0 amide bonds. The van der Waals surface area contributed by atoms with Crippen LogP contribution in [0.2, 0.25) is 0 Å². The molecule has 0 atom stereocenters. The topological polar surface area (TPSA) is 0 Å². The summed E-state index contributed by atoms with van der Waals surface area (Å²) in [5.74, 6) is 0. The van der Waals surface area contributed by atoms with Crippen molar-refractivity contribution < 1.29 is 0 Å². The third-order valence-electron chi connectivity index (χ3n) is 1.38. The Balaban J connectivity index is 4.22. The van der Waals surface area contributed by atoms with Crippen LogP contribution in [0.25, 0.3) is 0 Å².